The standard InChI is InChI=1S/C20H20N2O4/c1-13(22-19(24)15-8-4-5-9-16(15)20(22)25)18(23)21-12-11-14-7-3-6-10-17(14)26-2/h3-10,13H,11-12H2,1-2H3,(H,21,23). The average molecular weight is 352 g/mol. The van der Waals surface area contributed by atoms with E-state index in [0.717, 1.165) is 16.2 Å². The summed E-state index contributed by atoms with van der Waals surface area (Å²) in [6.45, 7) is 1.94. The Hall–Kier alpha value is -3.15. The molecule has 6 heteroatoms. The highest BCUT2D eigenvalue weighted by Crippen LogP contribution is 2.24. The van der Waals surface area contributed by atoms with Gasteiger partial charge in [0.05, 0.1) is 18.2 Å². The highest BCUT2D eigenvalue weighted by atomic mass is 16.5. The van der Waals surface area contributed by atoms with Gasteiger partial charge >= 0.3 is 0 Å². The summed E-state index contributed by atoms with van der Waals surface area (Å²) in [5, 5.41) is 2.79. The molecule has 0 saturated carbocycles. The zero-order valence-corrected chi connectivity index (χ0v) is 14.7. The molecule has 26 heavy (non-hydrogen) atoms. The van der Waals surface area contributed by atoms with E-state index in [4.69, 9.17) is 4.74 Å². The van der Waals surface area contributed by atoms with Crippen molar-refractivity contribution in [3.8, 4) is 5.75 Å². The topological polar surface area (TPSA) is 75.7 Å². The number of nitrogens with one attached hydrogen (secondary N) is 1. The Morgan fingerprint density at radius 3 is 2.23 bits per heavy atom. The van der Waals surface area contributed by atoms with Crippen LogP contribution in [0.3, 0.4) is 0 Å². The van der Waals surface area contributed by atoms with Crippen LogP contribution in [0.5, 0.6) is 5.75 Å². The van der Waals surface area contributed by atoms with Crippen molar-refractivity contribution in [3.63, 3.8) is 0 Å². The van der Waals surface area contributed by atoms with Gasteiger partial charge in [-0.05, 0) is 37.1 Å². The minimum absolute atomic E-state index is 0.339. The van der Waals surface area contributed by atoms with E-state index in [2.05, 4.69) is 5.32 Å². The molecule has 0 aliphatic carbocycles. The maximum Gasteiger partial charge on any atom is 0.262 e. The van der Waals surface area contributed by atoms with Crippen LogP contribution in [0.15, 0.2) is 48.5 Å². The molecule has 0 bridgehead atoms. The van der Waals surface area contributed by atoms with Gasteiger partial charge < -0.3 is 10.1 Å². The first-order valence-corrected chi connectivity index (χ1v) is 8.41. The Balaban J connectivity index is 1.62. The Morgan fingerprint density at radius 1 is 1.04 bits per heavy atom. The van der Waals surface area contributed by atoms with Crippen molar-refractivity contribution in [2.45, 2.75) is 19.4 Å². The van der Waals surface area contributed by atoms with Gasteiger partial charge in [-0.3, -0.25) is 19.3 Å². The summed E-state index contributed by atoms with van der Waals surface area (Å²) in [4.78, 5) is 38.3. The molecule has 3 rings (SSSR count). The van der Waals surface area contributed by atoms with Gasteiger partial charge in [0.1, 0.15) is 11.8 Å². The summed E-state index contributed by atoms with van der Waals surface area (Å²) in [6, 6.07) is 13.3. The van der Waals surface area contributed by atoms with Crippen LogP contribution in [-0.2, 0) is 11.2 Å². The van der Waals surface area contributed by atoms with E-state index in [1.54, 1.807) is 38.3 Å². The molecule has 2 aromatic carbocycles. The molecule has 0 spiro atoms. The molecule has 1 unspecified atom stereocenters. The largest absolute Gasteiger partial charge is 0.496 e. The van der Waals surface area contributed by atoms with Crippen LogP contribution in [0.1, 0.15) is 33.2 Å². The number of carbonyl (C=O) groups is 3. The monoisotopic (exact) mass is 352 g/mol. The molecule has 0 fully saturated rings. The van der Waals surface area contributed by atoms with E-state index in [0.29, 0.717) is 24.1 Å². The van der Waals surface area contributed by atoms with Gasteiger partial charge in [-0.25, -0.2) is 0 Å². The summed E-state index contributed by atoms with van der Waals surface area (Å²) >= 11 is 0. The summed E-state index contributed by atoms with van der Waals surface area (Å²) in [5.41, 5.74) is 1.65. The molecule has 1 N–H and O–H groups in total. The number of fused-ring (bicyclic) bond motifs is 1. The number of methoxy groups -OCH3 is 1. The van der Waals surface area contributed by atoms with Gasteiger partial charge in [0, 0.05) is 6.54 Å². The molecule has 1 heterocycles. The van der Waals surface area contributed by atoms with Gasteiger partial charge in [-0.1, -0.05) is 30.3 Å². The number of rotatable bonds is 6. The van der Waals surface area contributed by atoms with Crippen molar-refractivity contribution in [1.29, 1.82) is 0 Å². The van der Waals surface area contributed by atoms with Crippen LogP contribution >= 0.6 is 0 Å². The fraction of sp³-hybridized carbons (Fsp3) is 0.250. The molecule has 134 valence electrons. The number of hydrogen-bond donors (Lipinski definition) is 1. The number of hydrogen-bond acceptors (Lipinski definition) is 4. The number of nitrogens with zero attached hydrogens (tertiary/aromatic N) is 1. The number of amides is 3. The van der Waals surface area contributed by atoms with Gasteiger partial charge in [0.25, 0.3) is 11.8 Å². The second-order valence-corrected chi connectivity index (χ2v) is 6.05. The fourth-order valence-electron chi connectivity index (χ4n) is 3.05. The second-order valence-electron chi connectivity index (χ2n) is 6.05. The van der Waals surface area contributed by atoms with E-state index in [1.807, 2.05) is 24.3 Å². The predicted octanol–water partition coefficient (Wildman–Crippen LogP) is 2.04. The average Bonchev–Trinajstić information content (AvgIpc) is 2.92. The zero-order valence-electron chi connectivity index (χ0n) is 14.7. The van der Waals surface area contributed by atoms with Gasteiger partial charge in [-0.15, -0.1) is 0 Å². The Labute approximate surface area is 151 Å². The van der Waals surface area contributed by atoms with Crippen LogP contribution in [0.25, 0.3) is 0 Å². The molecule has 1 atom stereocenters. The van der Waals surface area contributed by atoms with E-state index >= 15 is 0 Å². The lowest BCUT2D eigenvalue weighted by Gasteiger charge is -2.21. The maximum absolute atomic E-state index is 12.4. The molecular formula is C20H20N2O4. The van der Waals surface area contributed by atoms with Gasteiger partial charge in [0.2, 0.25) is 5.91 Å². The molecule has 0 aromatic heterocycles. The second kappa shape index (κ2) is 7.39. The number of benzene rings is 2. The van der Waals surface area contributed by atoms with Crippen LogP contribution < -0.4 is 10.1 Å². The number of carbonyl (C=O) groups excluding carboxylic acids is 3. The first kappa shape index (κ1) is 17.7. The van der Waals surface area contributed by atoms with Gasteiger partial charge in [0.15, 0.2) is 0 Å². The maximum atomic E-state index is 12.4. The van der Waals surface area contributed by atoms with E-state index < -0.39 is 17.9 Å². The minimum Gasteiger partial charge on any atom is -0.496 e. The van der Waals surface area contributed by atoms with Crippen molar-refractivity contribution < 1.29 is 19.1 Å². The van der Waals surface area contributed by atoms with E-state index in [-0.39, 0.29) is 5.91 Å². The van der Waals surface area contributed by atoms with Crippen LogP contribution in [0, 0.1) is 0 Å². The quantitative estimate of drug-likeness (QED) is 0.807. The summed E-state index contributed by atoms with van der Waals surface area (Å²) in [7, 11) is 1.60. The summed E-state index contributed by atoms with van der Waals surface area (Å²) in [5.74, 6) is -0.472. The number of ether oxygens (including phenoxy) is 1. The van der Waals surface area contributed by atoms with E-state index in [9.17, 15) is 14.4 Å². The predicted molar refractivity (Wildman–Crippen MR) is 96.1 cm³/mol. The molecule has 1 aliphatic heterocycles. The van der Waals surface area contributed by atoms with Crippen molar-refractivity contribution in [3.05, 3.63) is 65.2 Å². The SMILES string of the molecule is COc1ccccc1CCNC(=O)C(C)N1C(=O)c2ccccc2C1=O. The third-order valence-electron chi connectivity index (χ3n) is 4.48. The number of para-hydroxylation sites is 1. The van der Waals surface area contributed by atoms with Crippen molar-refractivity contribution in [2.75, 3.05) is 13.7 Å². The lowest BCUT2D eigenvalue weighted by molar-refractivity contribution is -0.124. The van der Waals surface area contributed by atoms with Crippen LogP contribution in [0.4, 0.5) is 0 Å². The minimum atomic E-state index is -0.875. The molecule has 2 aromatic rings. The lowest BCUT2D eigenvalue weighted by Crippen LogP contribution is -2.48. The lowest BCUT2D eigenvalue weighted by atomic mass is 10.1. The molecular weight excluding hydrogens is 332 g/mol. The first-order valence-electron chi connectivity index (χ1n) is 8.41. The van der Waals surface area contributed by atoms with Crippen molar-refractivity contribution in [1.82, 2.24) is 10.2 Å². The van der Waals surface area contributed by atoms with E-state index in [1.165, 1.54) is 0 Å². The molecule has 0 radical (unpaired) electrons. The Morgan fingerprint density at radius 2 is 1.62 bits per heavy atom. The first-order chi connectivity index (χ1) is 12.5. The third kappa shape index (κ3) is 3.18. The normalized spacial score (nSPS) is 14.2. The summed E-state index contributed by atoms with van der Waals surface area (Å²) in [6.07, 6.45) is 0.588. The van der Waals surface area contributed by atoms with Crippen LogP contribution in [-0.4, -0.2) is 42.3 Å². The molecule has 6 nitrogen and oxygen atoms in total. The highest BCUT2D eigenvalue weighted by molar-refractivity contribution is 6.22. The molecule has 3 amide bonds. The highest BCUT2D eigenvalue weighted by Gasteiger charge is 2.40. The van der Waals surface area contributed by atoms with Gasteiger partial charge in [-0.2, -0.15) is 0 Å². The Kier molecular flexibility index (Phi) is 5.02. The smallest absolute Gasteiger partial charge is 0.262 e. The van der Waals surface area contributed by atoms with Crippen molar-refractivity contribution in [2.24, 2.45) is 0 Å². The third-order valence-corrected chi connectivity index (χ3v) is 4.48. The van der Waals surface area contributed by atoms with Crippen LogP contribution in [0.2, 0.25) is 0 Å². The Bertz CT molecular complexity index is 827. The number of imide groups is 1. The fourth-order valence-corrected chi connectivity index (χ4v) is 3.05. The molecule has 0 saturated heterocycles. The summed E-state index contributed by atoms with van der Waals surface area (Å²) < 4.78 is 5.29. The molecule has 1 aliphatic rings. The zero-order chi connectivity index (χ0) is 18.7. The van der Waals surface area contributed by atoms with Crippen molar-refractivity contribution >= 4 is 17.7 Å².